The van der Waals surface area contributed by atoms with Gasteiger partial charge >= 0.3 is 0 Å². The Morgan fingerprint density at radius 3 is 2.53 bits per heavy atom. The summed E-state index contributed by atoms with van der Waals surface area (Å²) in [5, 5.41) is 3.39. The lowest BCUT2D eigenvalue weighted by molar-refractivity contribution is -0.118. The molecule has 0 aromatic heterocycles. The van der Waals surface area contributed by atoms with Gasteiger partial charge in [-0.15, -0.1) is 0 Å². The van der Waals surface area contributed by atoms with E-state index in [0.717, 1.165) is 37.4 Å². The van der Waals surface area contributed by atoms with Gasteiger partial charge in [-0.2, -0.15) is 0 Å². The minimum Gasteiger partial charge on any atom is -0.317 e. The van der Waals surface area contributed by atoms with Crippen molar-refractivity contribution in [2.75, 3.05) is 13.1 Å². The van der Waals surface area contributed by atoms with Gasteiger partial charge in [-0.25, -0.2) is 0 Å². The molecule has 2 rings (SSSR count). The number of allylic oxidation sites excluding steroid dienone is 3. The zero-order valence-electron chi connectivity index (χ0n) is 12.6. The smallest absolute Gasteiger partial charge is 0.165 e. The van der Waals surface area contributed by atoms with Crippen molar-refractivity contribution in [3.63, 3.8) is 0 Å². The summed E-state index contributed by atoms with van der Waals surface area (Å²) in [7, 11) is 0. The number of Topliss-reactive ketones (excluding diaryl/α,β-unsaturated/α-hetero) is 1. The average Bonchev–Trinajstić information content (AvgIpc) is 2.57. The van der Waals surface area contributed by atoms with Gasteiger partial charge in [0.2, 0.25) is 0 Å². The highest BCUT2D eigenvalue weighted by atomic mass is 16.1. The van der Waals surface area contributed by atoms with Crippen LogP contribution in [0.2, 0.25) is 0 Å². The molecule has 1 saturated carbocycles. The van der Waals surface area contributed by atoms with E-state index in [0.29, 0.717) is 5.78 Å². The van der Waals surface area contributed by atoms with Crippen LogP contribution in [0.25, 0.3) is 0 Å². The number of hydrogen-bond donors (Lipinski definition) is 1. The maximum absolute atomic E-state index is 12.3. The SMILES string of the molecule is C=C1C(=O)C(CC2CCNCC2)C/C1=C/C(C)(C)C. The van der Waals surface area contributed by atoms with E-state index in [1.807, 2.05) is 0 Å². The van der Waals surface area contributed by atoms with E-state index in [1.54, 1.807) is 0 Å². The summed E-state index contributed by atoms with van der Waals surface area (Å²) in [5.41, 5.74) is 2.09. The van der Waals surface area contributed by atoms with Gasteiger partial charge < -0.3 is 5.32 Å². The Hall–Kier alpha value is -0.890. The molecule has 1 aliphatic heterocycles. The van der Waals surface area contributed by atoms with Crippen molar-refractivity contribution in [2.45, 2.75) is 46.5 Å². The number of carbonyl (C=O) groups excluding carboxylic acids is 1. The molecule has 19 heavy (non-hydrogen) atoms. The van der Waals surface area contributed by atoms with Crippen molar-refractivity contribution < 1.29 is 4.79 Å². The number of ketones is 1. The summed E-state index contributed by atoms with van der Waals surface area (Å²) in [6, 6.07) is 0. The third-order valence-electron chi connectivity index (χ3n) is 4.21. The van der Waals surface area contributed by atoms with Gasteiger partial charge in [-0.05, 0) is 55.7 Å². The van der Waals surface area contributed by atoms with E-state index >= 15 is 0 Å². The summed E-state index contributed by atoms with van der Waals surface area (Å²) in [4.78, 5) is 12.3. The van der Waals surface area contributed by atoms with Crippen molar-refractivity contribution in [2.24, 2.45) is 17.3 Å². The molecule has 0 bridgehead atoms. The Bertz CT molecular complexity index is 394. The molecule has 2 heteroatoms. The van der Waals surface area contributed by atoms with Crippen LogP contribution in [0, 0.1) is 17.3 Å². The molecule has 0 spiro atoms. The molecule has 0 radical (unpaired) electrons. The maximum Gasteiger partial charge on any atom is 0.165 e. The second-order valence-electron chi connectivity index (χ2n) is 7.21. The normalized spacial score (nSPS) is 28.4. The molecular formula is C17H27NO. The molecule has 1 unspecified atom stereocenters. The third-order valence-corrected chi connectivity index (χ3v) is 4.21. The molecule has 1 saturated heterocycles. The summed E-state index contributed by atoms with van der Waals surface area (Å²) in [5.74, 6) is 1.22. The van der Waals surface area contributed by atoms with E-state index < -0.39 is 0 Å². The predicted octanol–water partition coefficient (Wildman–Crippen LogP) is 3.49. The summed E-state index contributed by atoms with van der Waals surface area (Å²) < 4.78 is 0. The highest BCUT2D eigenvalue weighted by molar-refractivity contribution is 6.04. The molecule has 2 aliphatic rings. The number of rotatable bonds is 2. The Balaban J connectivity index is 2.02. The molecular weight excluding hydrogens is 234 g/mol. The van der Waals surface area contributed by atoms with Crippen LogP contribution in [0.15, 0.2) is 23.8 Å². The number of piperidine rings is 1. The first kappa shape index (κ1) is 14.5. The fourth-order valence-electron chi connectivity index (χ4n) is 3.26. The second kappa shape index (κ2) is 5.62. The molecule has 1 atom stereocenters. The van der Waals surface area contributed by atoms with Crippen LogP contribution >= 0.6 is 0 Å². The average molecular weight is 261 g/mol. The number of carbonyl (C=O) groups is 1. The molecule has 1 aliphatic carbocycles. The van der Waals surface area contributed by atoms with E-state index in [4.69, 9.17) is 0 Å². The minimum absolute atomic E-state index is 0.127. The first-order valence-corrected chi connectivity index (χ1v) is 7.53. The van der Waals surface area contributed by atoms with Crippen LogP contribution in [0.3, 0.4) is 0 Å². The van der Waals surface area contributed by atoms with E-state index in [-0.39, 0.29) is 11.3 Å². The quantitative estimate of drug-likeness (QED) is 0.771. The fourth-order valence-corrected chi connectivity index (χ4v) is 3.26. The lowest BCUT2D eigenvalue weighted by Crippen LogP contribution is -2.29. The number of nitrogens with one attached hydrogen (secondary N) is 1. The largest absolute Gasteiger partial charge is 0.317 e. The van der Waals surface area contributed by atoms with Crippen LogP contribution in [0.4, 0.5) is 0 Å². The lowest BCUT2D eigenvalue weighted by atomic mass is 9.86. The molecule has 1 heterocycles. The van der Waals surface area contributed by atoms with E-state index in [1.165, 1.54) is 18.4 Å². The molecule has 0 aromatic rings. The lowest BCUT2D eigenvalue weighted by Gasteiger charge is -2.24. The third kappa shape index (κ3) is 3.79. The van der Waals surface area contributed by atoms with Gasteiger partial charge in [0.25, 0.3) is 0 Å². The van der Waals surface area contributed by atoms with E-state index in [9.17, 15) is 4.79 Å². The van der Waals surface area contributed by atoms with Crippen molar-refractivity contribution in [1.82, 2.24) is 5.32 Å². The zero-order valence-corrected chi connectivity index (χ0v) is 12.6. The van der Waals surface area contributed by atoms with Crippen LogP contribution in [0.1, 0.15) is 46.5 Å². The second-order valence-corrected chi connectivity index (χ2v) is 7.21. The molecule has 1 N–H and O–H groups in total. The Morgan fingerprint density at radius 2 is 1.95 bits per heavy atom. The molecule has 106 valence electrons. The highest BCUT2D eigenvalue weighted by Crippen LogP contribution is 2.38. The Kier molecular flexibility index (Phi) is 4.29. The van der Waals surface area contributed by atoms with Gasteiger partial charge in [-0.3, -0.25) is 4.79 Å². The summed E-state index contributed by atoms with van der Waals surface area (Å²) in [6.45, 7) is 12.8. The van der Waals surface area contributed by atoms with Crippen LogP contribution in [-0.2, 0) is 4.79 Å². The van der Waals surface area contributed by atoms with Gasteiger partial charge in [0.05, 0.1) is 0 Å². The van der Waals surface area contributed by atoms with Crippen LogP contribution in [0.5, 0.6) is 0 Å². The summed E-state index contributed by atoms with van der Waals surface area (Å²) in [6.07, 6.45) is 6.64. The number of hydrogen-bond acceptors (Lipinski definition) is 2. The van der Waals surface area contributed by atoms with E-state index in [2.05, 4.69) is 38.7 Å². The van der Waals surface area contributed by atoms with Gasteiger partial charge in [-0.1, -0.05) is 33.4 Å². The van der Waals surface area contributed by atoms with Gasteiger partial charge in [0.1, 0.15) is 0 Å². The Morgan fingerprint density at radius 1 is 1.32 bits per heavy atom. The first-order valence-electron chi connectivity index (χ1n) is 7.53. The fraction of sp³-hybridized carbons (Fsp3) is 0.706. The maximum atomic E-state index is 12.3. The highest BCUT2D eigenvalue weighted by Gasteiger charge is 2.34. The standard InChI is InChI=1S/C17H27NO/c1-12-15(11-17(2,3)4)10-14(16(12)19)9-13-5-7-18-8-6-13/h11,13-14,18H,1,5-10H2,2-4H3/b15-11-. The molecule has 2 fully saturated rings. The van der Waals surface area contributed by atoms with Crippen LogP contribution < -0.4 is 5.32 Å². The predicted molar refractivity (Wildman–Crippen MR) is 80.0 cm³/mol. The van der Waals surface area contributed by atoms with Crippen molar-refractivity contribution in [1.29, 1.82) is 0 Å². The zero-order chi connectivity index (χ0) is 14.0. The van der Waals surface area contributed by atoms with Crippen molar-refractivity contribution in [3.05, 3.63) is 23.8 Å². The van der Waals surface area contributed by atoms with Crippen molar-refractivity contribution >= 4 is 5.78 Å². The van der Waals surface area contributed by atoms with Gasteiger partial charge in [0, 0.05) is 11.5 Å². The minimum atomic E-state index is 0.127. The molecule has 2 nitrogen and oxygen atoms in total. The Labute approximate surface area is 117 Å². The first-order chi connectivity index (χ1) is 8.87. The topological polar surface area (TPSA) is 29.1 Å². The monoisotopic (exact) mass is 261 g/mol. The molecule has 0 amide bonds. The van der Waals surface area contributed by atoms with Gasteiger partial charge in [0.15, 0.2) is 5.78 Å². The van der Waals surface area contributed by atoms with Crippen molar-refractivity contribution in [3.8, 4) is 0 Å². The molecule has 0 aromatic carbocycles. The van der Waals surface area contributed by atoms with Crippen LogP contribution in [-0.4, -0.2) is 18.9 Å². The summed E-state index contributed by atoms with van der Waals surface area (Å²) >= 11 is 0.